The highest BCUT2D eigenvalue weighted by Crippen LogP contribution is 2.41. The molecule has 0 aliphatic rings. The molecule has 7 aromatic heterocycles. The van der Waals surface area contributed by atoms with Crippen LogP contribution in [0.3, 0.4) is 0 Å². The predicted molar refractivity (Wildman–Crippen MR) is 366 cm³/mol. The molecule has 9 heteroatoms. The molecule has 0 radical (unpaired) electrons. The Hall–Kier alpha value is -12.2. The number of hydrogen-bond donors (Lipinski definition) is 0. The van der Waals surface area contributed by atoms with Crippen LogP contribution in [0.1, 0.15) is 0 Å². The van der Waals surface area contributed by atoms with Crippen molar-refractivity contribution in [1.29, 1.82) is 0 Å². The summed E-state index contributed by atoms with van der Waals surface area (Å²) in [4.78, 5) is 20.5. The number of pyridine rings is 1. The van der Waals surface area contributed by atoms with Gasteiger partial charge in [0.1, 0.15) is 0 Å². The lowest BCUT2D eigenvalue weighted by Crippen LogP contribution is -2.02. The Morgan fingerprint density at radius 2 is 0.483 bits per heavy atom. The van der Waals surface area contributed by atoms with Gasteiger partial charge in [0.25, 0.3) is 0 Å². The Labute approximate surface area is 509 Å². The van der Waals surface area contributed by atoms with E-state index in [0.29, 0.717) is 17.5 Å². The van der Waals surface area contributed by atoms with Crippen molar-refractivity contribution in [2.24, 2.45) is 0 Å². The number of hydrogen-bond acceptors (Lipinski definition) is 4. The molecule has 0 aliphatic carbocycles. The zero-order chi connectivity index (χ0) is 58.3. The summed E-state index contributed by atoms with van der Waals surface area (Å²) >= 11 is 0. The number of para-hydroxylation sites is 7. The largest absolute Gasteiger partial charge is 0.309 e. The molecular formula is C80H49N9. The van der Waals surface area contributed by atoms with Gasteiger partial charge < -0.3 is 22.8 Å². The third-order valence-corrected chi connectivity index (χ3v) is 18.2. The summed E-state index contributed by atoms with van der Waals surface area (Å²) < 4.78 is 11.8. The van der Waals surface area contributed by atoms with E-state index in [2.05, 4.69) is 313 Å². The minimum atomic E-state index is 0.574. The number of aromatic nitrogens is 9. The van der Waals surface area contributed by atoms with Crippen molar-refractivity contribution >= 4 is 109 Å². The van der Waals surface area contributed by atoms with Gasteiger partial charge in [0.2, 0.25) is 0 Å². The molecule has 0 saturated carbocycles. The van der Waals surface area contributed by atoms with E-state index in [-0.39, 0.29) is 0 Å². The molecule has 0 spiro atoms. The van der Waals surface area contributed by atoms with Gasteiger partial charge in [0.05, 0.1) is 55.2 Å². The number of benzene rings is 12. The van der Waals surface area contributed by atoms with Gasteiger partial charge in [-0.15, -0.1) is 0 Å². The van der Waals surface area contributed by atoms with Crippen LogP contribution in [-0.2, 0) is 0 Å². The molecule has 0 fully saturated rings. The van der Waals surface area contributed by atoms with Crippen LogP contribution in [0.5, 0.6) is 0 Å². The Kier molecular flexibility index (Phi) is 10.6. The highest BCUT2D eigenvalue weighted by molar-refractivity contribution is 6.15. The monoisotopic (exact) mass is 1140 g/mol. The molecule has 19 aromatic rings. The summed E-state index contributed by atoms with van der Waals surface area (Å²) in [6.07, 6.45) is 3.81. The van der Waals surface area contributed by atoms with Gasteiger partial charge in [-0.1, -0.05) is 140 Å². The van der Waals surface area contributed by atoms with Crippen molar-refractivity contribution in [2.45, 2.75) is 0 Å². The lowest BCUT2D eigenvalue weighted by atomic mass is 10.1. The van der Waals surface area contributed by atoms with Crippen LogP contribution in [0.2, 0.25) is 0 Å². The van der Waals surface area contributed by atoms with Crippen molar-refractivity contribution in [3.05, 3.63) is 298 Å². The average molecular weight is 1140 g/mol. The fourth-order valence-corrected chi connectivity index (χ4v) is 14.3. The van der Waals surface area contributed by atoms with Crippen LogP contribution in [0, 0.1) is 0 Å². The van der Waals surface area contributed by atoms with E-state index in [4.69, 9.17) is 15.0 Å². The lowest BCUT2D eigenvalue weighted by Gasteiger charge is -2.13. The summed E-state index contributed by atoms with van der Waals surface area (Å²) in [6, 6.07) is 102. The zero-order valence-corrected chi connectivity index (χ0v) is 47.8. The minimum absolute atomic E-state index is 0.574. The second-order valence-corrected chi connectivity index (χ2v) is 23.0. The van der Waals surface area contributed by atoms with Gasteiger partial charge in [-0.05, 0) is 146 Å². The van der Waals surface area contributed by atoms with E-state index in [1.165, 1.54) is 65.2 Å². The van der Waals surface area contributed by atoms with Gasteiger partial charge >= 0.3 is 0 Å². The Morgan fingerprint density at radius 1 is 0.191 bits per heavy atom. The first kappa shape index (κ1) is 49.1. The molecule has 0 bridgehead atoms. The quantitative estimate of drug-likeness (QED) is 0.152. The normalized spacial score (nSPS) is 12.0. The van der Waals surface area contributed by atoms with Crippen molar-refractivity contribution in [3.8, 4) is 62.6 Å². The molecule has 7 heterocycles. The van der Waals surface area contributed by atoms with E-state index in [0.717, 1.165) is 89.0 Å². The molecule has 0 saturated heterocycles. The van der Waals surface area contributed by atoms with Gasteiger partial charge in [-0.3, -0.25) is 4.98 Å². The van der Waals surface area contributed by atoms with Gasteiger partial charge in [-0.25, -0.2) is 15.0 Å². The molecule has 0 aliphatic heterocycles. The maximum absolute atomic E-state index is 5.34. The first-order valence-electron chi connectivity index (χ1n) is 30.1. The topological polar surface area (TPSA) is 76.2 Å². The van der Waals surface area contributed by atoms with Crippen LogP contribution in [0.25, 0.3) is 172 Å². The highest BCUT2D eigenvalue weighted by atomic mass is 15.1. The Morgan fingerprint density at radius 3 is 0.876 bits per heavy atom. The van der Waals surface area contributed by atoms with Crippen molar-refractivity contribution < 1.29 is 0 Å². The second kappa shape index (κ2) is 19.2. The molecule has 414 valence electrons. The summed E-state index contributed by atoms with van der Waals surface area (Å²) in [7, 11) is 0. The molecule has 19 rings (SSSR count). The molecule has 12 aromatic carbocycles. The molecule has 0 atom stereocenters. The fourth-order valence-electron chi connectivity index (χ4n) is 14.3. The predicted octanol–water partition coefficient (Wildman–Crippen LogP) is 19.8. The standard InChI is InChI=1S/C80H49N9/c1-8-25-68-58(18-1)59-19-2-9-26-69(59)88(68)56-40-42-75-65(47-56)62-22-5-12-29-72(62)85(75)53-36-32-50(33-37-53)78-82-79(84-80(83-78)52-16-15-17-55(46-52)87-74-31-14-7-24-64(74)67-49-81-45-44-77(67)87)51-34-38-54(39-35-51)86-73-30-13-6-23-63(73)66-48-57(41-43-76(66)86)89-70-27-10-3-20-60(70)61-21-4-11-28-71(61)89/h1-49H. The van der Waals surface area contributed by atoms with E-state index in [9.17, 15) is 0 Å². The maximum Gasteiger partial charge on any atom is 0.164 e. The number of nitrogens with zero attached hydrogens (tertiary/aromatic N) is 9. The summed E-state index contributed by atoms with van der Waals surface area (Å²) in [5.74, 6) is 1.73. The van der Waals surface area contributed by atoms with E-state index in [1.807, 2.05) is 12.4 Å². The smallest absolute Gasteiger partial charge is 0.164 e. The first-order valence-corrected chi connectivity index (χ1v) is 30.1. The Bertz CT molecular complexity index is 5660. The van der Waals surface area contributed by atoms with Gasteiger partial charge in [0, 0.05) is 111 Å². The zero-order valence-electron chi connectivity index (χ0n) is 47.8. The molecule has 0 amide bonds. The van der Waals surface area contributed by atoms with Crippen LogP contribution in [0.15, 0.2) is 298 Å². The van der Waals surface area contributed by atoms with Crippen LogP contribution in [-0.4, -0.2) is 42.8 Å². The number of rotatable bonds is 8. The van der Waals surface area contributed by atoms with Crippen LogP contribution < -0.4 is 0 Å². The first-order chi connectivity index (χ1) is 44.1. The molecule has 0 N–H and O–H groups in total. The molecule has 0 unspecified atom stereocenters. The maximum atomic E-state index is 5.34. The van der Waals surface area contributed by atoms with Crippen molar-refractivity contribution in [1.82, 2.24) is 42.8 Å². The average Bonchev–Trinajstić information content (AvgIpc) is 1.74. The molecular weight excluding hydrogens is 1090 g/mol. The highest BCUT2D eigenvalue weighted by Gasteiger charge is 2.21. The second-order valence-electron chi connectivity index (χ2n) is 23.0. The summed E-state index contributed by atoms with van der Waals surface area (Å²) in [5, 5.41) is 12.0. The van der Waals surface area contributed by atoms with Crippen molar-refractivity contribution in [2.75, 3.05) is 0 Å². The third-order valence-electron chi connectivity index (χ3n) is 18.2. The molecule has 9 nitrogen and oxygen atoms in total. The SMILES string of the molecule is c1cc(-c2nc(-c3ccc(-n4c5ccccc5c5cc(-n6c7ccccc7c7ccccc76)ccc54)cc3)nc(-c3ccc(-n4c5ccccc5c5cc(-n6c7ccccc7c7ccccc76)ccc54)cc3)n2)cc(-n2c3ccccc3c3cnccc32)c1. The van der Waals surface area contributed by atoms with Crippen LogP contribution in [0.4, 0.5) is 0 Å². The lowest BCUT2D eigenvalue weighted by molar-refractivity contribution is 1.07. The third kappa shape index (κ3) is 7.42. The van der Waals surface area contributed by atoms with Gasteiger partial charge in [0.15, 0.2) is 17.5 Å². The summed E-state index contributed by atoms with van der Waals surface area (Å²) in [6.45, 7) is 0. The van der Waals surface area contributed by atoms with E-state index < -0.39 is 0 Å². The minimum Gasteiger partial charge on any atom is -0.309 e. The van der Waals surface area contributed by atoms with E-state index in [1.54, 1.807) is 0 Å². The van der Waals surface area contributed by atoms with E-state index >= 15 is 0 Å². The van der Waals surface area contributed by atoms with Gasteiger partial charge in [-0.2, -0.15) is 0 Å². The van der Waals surface area contributed by atoms with Crippen LogP contribution >= 0.6 is 0 Å². The summed E-state index contributed by atoms with van der Waals surface area (Å²) in [5.41, 5.74) is 19.4. The molecule has 89 heavy (non-hydrogen) atoms. The van der Waals surface area contributed by atoms with Crippen molar-refractivity contribution in [3.63, 3.8) is 0 Å². The number of fused-ring (bicyclic) bond motifs is 15. The fraction of sp³-hybridized carbons (Fsp3) is 0. The Balaban J connectivity index is 0.735.